The molecule has 2 unspecified atom stereocenters. The van der Waals surface area contributed by atoms with E-state index in [1.54, 1.807) is 6.92 Å². The van der Waals surface area contributed by atoms with Crippen molar-refractivity contribution in [3.63, 3.8) is 0 Å². The molecule has 0 rings (SSSR count). The van der Waals surface area contributed by atoms with E-state index in [-0.39, 0.29) is 5.91 Å². The minimum absolute atomic E-state index is 0.388. The van der Waals surface area contributed by atoms with Gasteiger partial charge in [-0.1, -0.05) is 13.3 Å². The van der Waals surface area contributed by atoms with Crippen molar-refractivity contribution in [2.75, 3.05) is 6.61 Å². The number of carbonyl (C=O) groups excluding carboxylic acids is 1. The molecule has 0 radical (unpaired) electrons. The van der Waals surface area contributed by atoms with Crippen LogP contribution in [-0.4, -0.2) is 35.7 Å². The van der Waals surface area contributed by atoms with Gasteiger partial charge in [0.15, 0.2) is 0 Å². The number of hydrogen-bond acceptors (Lipinski definition) is 3. The molecule has 0 fully saturated rings. The molecule has 0 aliphatic rings. The van der Waals surface area contributed by atoms with Gasteiger partial charge in [-0.05, 0) is 20.3 Å². The molecule has 0 bridgehead atoms. The highest BCUT2D eigenvalue weighted by molar-refractivity contribution is 5.85. The van der Waals surface area contributed by atoms with Gasteiger partial charge in [-0.3, -0.25) is 9.59 Å². The van der Waals surface area contributed by atoms with Crippen LogP contribution in [0.3, 0.4) is 0 Å². The number of aliphatic carboxylic acids is 1. The lowest BCUT2D eigenvalue weighted by molar-refractivity contribution is -0.143. The first-order chi connectivity index (χ1) is 6.99. The number of nitrogens with one attached hydrogen (secondary N) is 1. The van der Waals surface area contributed by atoms with Crippen molar-refractivity contribution in [3.8, 4) is 0 Å². The third kappa shape index (κ3) is 6.06. The summed E-state index contributed by atoms with van der Waals surface area (Å²) in [5.41, 5.74) is 0. The highest BCUT2D eigenvalue weighted by Crippen LogP contribution is 1.96. The maximum absolute atomic E-state index is 11.4. The average molecular weight is 217 g/mol. The van der Waals surface area contributed by atoms with Crippen LogP contribution >= 0.6 is 0 Å². The third-order valence-corrected chi connectivity index (χ3v) is 1.96. The Morgan fingerprint density at radius 3 is 2.47 bits per heavy atom. The van der Waals surface area contributed by atoms with Crippen molar-refractivity contribution >= 4 is 11.9 Å². The topological polar surface area (TPSA) is 75.6 Å². The van der Waals surface area contributed by atoms with E-state index in [1.807, 2.05) is 6.92 Å². The van der Waals surface area contributed by atoms with E-state index in [4.69, 9.17) is 9.84 Å². The zero-order valence-corrected chi connectivity index (χ0v) is 9.45. The Kier molecular flexibility index (Phi) is 6.70. The summed E-state index contributed by atoms with van der Waals surface area (Å²) in [4.78, 5) is 21.8. The average Bonchev–Trinajstić information content (AvgIpc) is 2.17. The van der Waals surface area contributed by atoms with E-state index in [0.29, 0.717) is 6.61 Å². The van der Waals surface area contributed by atoms with Gasteiger partial charge in [-0.15, -0.1) is 0 Å². The lowest BCUT2D eigenvalue weighted by Gasteiger charge is -2.15. The monoisotopic (exact) mass is 217 g/mol. The maximum Gasteiger partial charge on any atom is 0.325 e. The number of ether oxygens (including phenoxy) is 1. The molecule has 0 saturated carbocycles. The van der Waals surface area contributed by atoms with Crippen LogP contribution in [0.1, 0.15) is 33.6 Å². The molecule has 0 aromatic rings. The van der Waals surface area contributed by atoms with Gasteiger partial charge in [0, 0.05) is 6.61 Å². The fourth-order valence-corrected chi connectivity index (χ4v) is 0.873. The van der Waals surface area contributed by atoms with E-state index in [1.165, 1.54) is 6.92 Å². The SMILES string of the molecule is CCCCOC(C)C(=O)NC(C)C(=O)O. The number of hydrogen-bond donors (Lipinski definition) is 2. The molecule has 0 spiro atoms. The molecule has 0 aliphatic heterocycles. The Morgan fingerprint density at radius 1 is 1.40 bits per heavy atom. The molecule has 0 saturated heterocycles. The second kappa shape index (κ2) is 7.23. The summed E-state index contributed by atoms with van der Waals surface area (Å²) in [6, 6.07) is -0.880. The van der Waals surface area contributed by atoms with Gasteiger partial charge in [0.25, 0.3) is 0 Å². The molecular formula is C10H19NO4. The molecule has 0 aromatic carbocycles. The van der Waals surface area contributed by atoms with E-state index in [2.05, 4.69) is 5.32 Å². The minimum atomic E-state index is -1.05. The first-order valence-corrected chi connectivity index (χ1v) is 5.13. The predicted octanol–water partition coefficient (Wildman–Crippen LogP) is 0.781. The first-order valence-electron chi connectivity index (χ1n) is 5.13. The zero-order valence-electron chi connectivity index (χ0n) is 9.45. The van der Waals surface area contributed by atoms with Crippen LogP contribution in [0.5, 0.6) is 0 Å². The smallest absolute Gasteiger partial charge is 0.325 e. The molecule has 5 nitrogen and oxygen atoms in total. The number of amides is 1. The Hall–Kier alpha value is -1.10. The molecule has 1 amide bonds. The highest BCUT2D eigenvalue weighted by atomic mass is 16.5. The lowest BCUT2D eigenvalue weighted by atomic mass is 10.3. The first kappa shape index (κ1) is 13.9. The fraction of sp³-hybridized carbons (Fsp3) is 0.800. The summed E-state index contributed by atoms with van der Waals surface area (Å²) in [6.45, 7) is 5.58. The van der Waals surface area contributed by atoms with Crippen LogP contribution < -0.4 is 5.32 Å². The van der Waals surface area contributed by atoms with Crippen LogP contribution in [0, 0.1) is 0 Å². The number of unbranched alkanes of at least 4 members (excludes halogenated alkanes) is 1. The highest BCUT2D eigenvalue weighted by Gasteiger charge is 2.18. The molecule has 5 heteroatoms. The number of carbonyl (C=O) groups is 2. The molecule has 15 heavy (non-hydrogen) atoms. The van der Waals surface area contributed by atoms with E-state index >= 15 is 0 Å². The van der Waals surface area contributed by atoms with Crippen LogP contribution in [0.4, 0.5) is 0 Å². The van der Waals surface area contributed by atoms with Crippen LogP contribution in [0.2, 0.25) is 0 Å². The molecule has 0 heterocycles. The normalized spacial score (nSPS) is 14.3. The number of carboxylic acid groups (broad SMARTS) is 1. The van der Waals surface area contributed by atoms with E-state index in [0.717, 1.165) is 12.8 Å². The van der Waals surface area contributed by atoms with Gasteiger partial charge in [-0.25, -0.2) is 0 Å². The van der Waals surface area contributed by atoms with Crippen LogP contribution in [0.15, 0.2) is 0 Å². The van der Waals surface area contributed by atoms with Crippen molar-refractivity contribution in [1.29, 1.82) is 0 Å². The Labute approximate surface area is 89.8 Å². The van der Waals surface area contributed by atoms with Crippen LogP contribution in [-0.2, 0) is 14.3 Å². The maximum atomic E-state index is 11.4. The third-order valence-electron chi connectivity index (χ3n) is 1.96. The molecule has 2 atom stereocenters. The van der Waals surface area contributed by atoms with Gasteiger partial charge >= 0.3 is 5.97 Å². The van der Waals surface area contributed by atoms with Crippen molar-refractivity contribution in [2.45, 2.75) is 45.8 Å². The standard InChI is InChI=1S/C10H19NO4/c1-4-5-6-15-8(3)9(12)11-7(2)10(13)14/h7-8H,4-6H2,1-3H3,(H,11,12)(H,13,14). The van der Waals surface area contributed by atoms with Gasteiger partial charge in [0.1, 0.15) is 12.1 Å². The molecule has 0 aliphatic carbocycles. The molecular weight excluding hydrogens is 198 g/mol. The molecule has 2 N–H and O–H groups in total. The van der Waals surface area contributed by atoms with Gasteiger partial charge in [-0.2, -0.15) is 0 Å². The summed E-state index contributed by atoms with van der Waals surface area (Å²) >= 11 is 0. The van der Waals surface area contributed by atoms with Gasteiger partial charge in [0.05, 0.1) is 0 Å². The Morgan fingerprint density at radius 2 is 2.00 bits per heavy atom. The van der Waals surface area contributed by atoms with Gasteiger partial charge < -0.3 is 15.2 Å². The quantitative estimate of drug-likeness (QED) is 0.618. The van der Waals surface area contributed by atoms with Crippen molar-refractivity contribution in [1.82, 2.24) is 5.32 Å². The summed E-state index contributed by atoms with van der Waals surface area (Å²) in [5.74, 6) is -1.44. The predicted molar refractivity (Wildman–Crippen MR) is 55.6 cm³/mol. The molecule has 0 aromatic heterocycles. The second-order valence-corrected chi connectivity index (χ2v) is 3.44. The lowest BCUT2D eigenvalue weighted by Crippen LogP contribution is -2.43. The van der Waals surface area contributed by atoms with Gasteiger partial charge in [0.2, 0.25) is 5.91 Å². The summed E-state index contributed by atoms with van der Waals surface area (Å²) in [5, 5.41) is 10.9. The van der Waals surface area contributed by atoms with Crippen molar-refractivity contribution in [3.05, 3.63) is 0 Å². The minimum Gasteiger partial charge on any atom is -0.480 e. The molecule has 88 valence electrons. The second-order valence-electron chi connectivity index (χ2n) is 3.44. The Balaban J connectivity index is 3.83. The van der Waals surface area contributed by atoms with Crippen LogP contribution in [0.25, 0.3) is 0 Å². The van der Waals surface area contributed by atoms with Crippen molar-refractivity contribution in [2.24, 2.45) is 0 Å². The summed E-state index contributed by atoms with van der Waals surface area (Å²) in [6.07, 6.45) is 1.30. The number of rotatable bonds is 7. The zero-order chi connectivity index (χ0) is 11.8. The summed E-state index contributed by atoms with van der Waals surface area (Å²) in [7, 11) is 0. The summed E-state index contributed by atoms with van der Waals surface area (Å²) < 4.78 is 5.22. The van der Waals surface area contributed by atoms with E-state index < -0.39 is 18.1 Å². The van der Waals surface area contributed by atoms with Crippen molar-refractivity contribution < 1.29 is 19.4 Å². The number of carboxylic acids is 1. The largest absolute Gasteiger partial charge is 0.480 e. The Bertz CT molecular complexity index is 217. The fourth-order valence-electron chi connectivity index (χ4n) is 0.873. The van der Waals surface area contributed by atoms with E-state index in [9.17, 15) is 9.59 Å².